The van der Waals surface area contributed by atoms with Gasteiger partial charge < -0.3 is 0 Å². The second-order valence-electron chi connectivity index (χ2n) is 5.58. The number of hydrogen-bond acceptors (Lipinski definition) is 6. The molecular formula is C15H18N2OS3. The SMILES string of the molecule is CSc1nnc(SCC(=O)c2ccc(C(C)(C)C)cc2)s1. The van der Waals surface area contributed by atoms with E-state index in [0.29, 0.717) is 5.75 Å². The van der Waals surface area contributed by atoms with E-state index in [4.69, 9.17) is 0 Å². The first-order valence-corrected chi connectivity index (χ1v) is 9.57. The molecule has 0 aliphatic carbocycles. The molecule has 1 aromatic heterocycles. The van der Waals surface area contributed by atoms with Crippen molar-refractivity contribution in [3.8, 4) is 0 Å². The highest BCUT2D eigenvalue weighted by Crippen LogP contribution is 2.28. The third-order valence-corrected chi connectivity index (χ3v) is 5.99. The van der Waals surface area contributed by atoms with Crippen LogP contribution in [0, 0.1) is 0 Å². The third-order valence-electron chi connectivity index (χ3n) is 2.96. The fourth-order valence-corrected chi connectivity index (χ4v) is 4.04. The van der Waals surface area contributed by atoms with E-state index < -0.39 is 0 Å². The van der Waals surface area contributed by atoms with Crippen LogP contribution in [-0.2, 0) is 5.41 Å². The van der Waals surface area contributed by atoms with Crippen LogP contribution in [0.4, 0.5) is 0 Å². The molecule has 1 aromatic carbocycles. The molecule has 1 heterocycles. The normalized spacial score (nSPS) is 11.6. The van der Waals surface area contributed by atoms with Crippen molar-refractivity contribution in [2.24, 2.45) is 0 Å². The summed E-state index contributed by atoms with van der Waals surface area (Å²) in [5.41, 5.74) is 2.10. The Hall–Kier alpha value is -0.850. The fraction of sp³-hybridized carbons (Fsp3) is 0.400. The molecule has 0 atom stereocenters. The van der Waals surface area contributed by atoms with Gasteiger partial charge in [0.15, 0.2) is 14.5 Å². The molecule has 0 aliphatic rings. The molecule has 0 bridgehead atoms. The van der Waals surface area contributed by atoms with E-state index in [1.807, 2.05) is 30.5 Å². The number of aromatic nitrogens is 2. The maximum Gasteiger partial charge on any atom is 0.175 e. The second-order valence-corrected chi connectivity index (χ2v) is 8.83. The smallest absolute Gasteiger partial charge is 0.175 e. The minimum absolute atomic E-state index is 0.108. The first-order chi connectivity index (χ1) is 9.90. The Balaban J connectivity index is 1.97. The summed E-state index contributed by atoms with van der Waals surface area (Å²) in [6.45, 7) is 6.50. The summed E-state index contributed by atoms with van der Waals surface area (Å²) in [6, 6.07) is 7.90. The molecule has 21 heavy (non-hydrogen) atoms. The zero-order chi connectivity index (χ0) is 15.5. The van der Waals surface area contributed by atoms with Gasteiger partial charge in [-0.1, -0.05) is 79.9 Å². The minimum Gasteiger partial charge on any atom is -0.293 e. The molecule has 3 nitrogen and oxygen atoms in total. The number of benzene rings is 1. The van der Waals surface area contributed by atoms with Gasteiger partial charge >= 0.3 is 0 Å². The van der Waals surface area contributed by atoms with Gasteiger partial charge in [0, 0.05) is 5.56 Å². The highest BCUT2D eigenvalue weighted by molar-refractivity contribution is 8.03. The first-order valence-electron chi connectivity index (χ1n) is 6.54. The maximum absolute atomic E-state index is 12.2. The highest BCUT2D eigenvalue weighted by atomic mass is 32.2. The van der Waals surface area contributed by atoms with Gasteiger partial charge in [-0.3, -0.25) is 4.79 Å². The molecule has 0 unspecified atom stereocenters. The van der Waals surface area contributed by atoms with Crippen molar-refractivity contribution in [2.45, 2.75) is 34.9 Å². The van der Waals surface area contributed by atoms with E-state index in [1.165, 1.54) is 28.7 Å². The fourth-order valence-electron chi connectivity index (χ4n) is 1.70. The Bertz CT molecular complexity index is 615. The van der Waals surface area contributed by atoms with Crippen LogP contribution in [0.15, 0.2) is 32.9 Å². The topological polar surface area (TPSA) is 42.9 Å². The van der Waals surface area contributed by atoms with Crippen LogP contribution in [0.3, 0.4) is 0 Å². The summed E-state index contributed by atoms with van der Waals surface area (Å²) in [5.74, 6) is 0.527. The van der Waals surface area contributed by atoms with Crippen LogP contribution in [0.1, 0.15) is 36.7 Å². The Labute approximate surface area is 137 Å². The lowest BCUT2D eigenvalue weighted by molar-refractivity contribution is 0.102. The average molecular weight is 339 g/mol. The Morgan fingerprint density at radius 1 is 1.14 bits per heavy atom. The Kier molecular flexibility index (Phi) is 5.46. The monoisotopic (exact) mass is 338 g/mol. The number of nitrogens with zero attached hydrogens (tertiary/aromatic N) is 2. The van der Waals surface area contributed by atoms with Crippen LogP contribution in [0.5, 0.6) is 0 Å². The molecule has 0 N–H and O–H groups in total. The summed E-state index contributed by atoms with van der Waals surface area (Å²) in [7, 11) is 0. The van der Waals surface area contributed by atoms with Crippen molar-refractivity contribution in [1.82, 2.24) is 10.2 Å². The van der Waals surface area contributed by atoms with E-state index in [-0.39, 0.29) is 11.2 Å². The quantitative estimate of drug-likeness (QED) is 0.592. The standard InChI is InChI=1S/C15H18N2OS3/c1-15(2,3)11-7-5-10(6-8-11)12(18)9-20-14-17-16-13(19-4)21-14/h5-8H,9H2,1-4H3. The van der Waals surface area contributed by atoms with Gasteiger partial charge in [0.25, 0.3) is 0 Å². The van der Waals surface area contributed by atoms with Gasteiger partial charge in [0.1, 0.15) is 0 Å². The van der Waals surface area contributed by atoms with Crippen molar-refractivity contribution in [2.75, 3.05) is 12.0 Å². The summed E-state index contributed by atoms with van der Waals surface area (Å²) < 4.78 is 1.78. The number of thioether (sulfide) groups is 2. The highest BCUT2D eigenvalue weighted by Gasteiger charge is 2.15. The molecule has 0 radical (unpaired) electrons. The molecule has 0 amide bonds. The van der Waals surface area contributed by atoms with E-state index in [2.05, 4.69) is 31.0 Å². The molecule has 0 aliphatic heterocycles. The summed E-state index contributed by atoms with van der Waals surface area (Å²) in [5, 5.41) is 8.08. The van der Waals surface area contributed by atoms with Crippen molar-refractivity contribution >= 4 is 40.6 Å². The average Bonchev–Trinajstić information content (AvgIpc) is 2.92. The lowest BCUT2D eigenvalue weighted by Crippen LogP contribution is -2.11. The first kappa shape index (κ1) is 16.5. The van der Waals surface area contributed by atoms with Gasteiger partial charge in [-0.05, 0) is 17.2 Å². The zero-order valence-corrected chi connectivity index (χ0v) is 15.0. The number of hydrogen-bond donors (Lipinski definition) is 0. The van der Waals surface area contributed by atoms with Crippen molar-refractivity contribution in [1.29, 1.82) is 0 Å². The largest absolute Gasteiger partial charge is 0.293 e. The Morgan fingerprint density at radius 3 is 2.29 bits per heavy atom. The van der Waals surface area contributed by atoms with Crippen LogP contribution >= 0.6 is 34.9 Å². The molecule has 2 aromatic rings. The molecule has 0 fully saturated rings. The van der Waals surface area contributed by atoms with E-state index in [1.54, 1.807) is 11.8 Å². The molecule has 112 valence electrons. The third kappa shape index (κ3) is 4.56. The van der Waals surface area contributed by atoms with E-state index in [0.717, 1.165) is 14.2 Å². The summed E-state index contributed by atoms with van der Waals surface area (Å²) in [4.78, 5) is 12.2. The van der Waals surface area contributed by atoms with Gasteiger partial charge in [-0.15, -0.1) is 10.2 Å². The number of Topliss-reactive ketones (excluding diaryl/α,β-unsaturated/α-hetero) is 1. The molecule has 0 spiro atoms. The second kappa shape index (κ2) is 6.94. The lowest BCUT2D eigenvalue weighted by Gasteiger charge is -2.18. The van der Waals surface area contributed by atoms with Crippen LogP contribution < -0.4 is 0 Å². The molecular weight excluding hydrogens is 320 g/mol. The number of carbonyl (C=O) groups is 1. The van der Waals surface area contributed by atoms with E-state index in [9.17, 15) is 4.79 Å². The van der Waals surface area contributed by atoms with Gasteiger partial charge in [-0.2, -0.15) is 0 Å². The van der Waals surface area contributed by atoms with Crippen molar-refractivity contribution in [3.05, 3.63) is 35.4 Å². The van der Waals surface area contributed by atoms with Crippen LogP contribution in [0.25, 0.3) is 0 Å². The number of ketones is 1. The van der Waals surface area contributed by atoms with Crippen molar-refractivity contribution in [3.63, 3.8) is 0 Å². The zero-order valence-electron chi connectivity index (χ0n) is 12.5. The van der Waals surface area contributed by atoms with Crippen LogP contribution in [0.2, 0.25) is 0 Å². The van der Waals surface area contributed by atoms with Crippen LogP contribution in [-0.4, -0.2) is 28.0 Å². The molecule has 6 heteroatoms. The molecule has 2 rings (SSSR count). The molecule has 0 saturated carbocycles. The summed E-state index contributed by atoms with van der Waals surface area (Å²) >= 11 is 4.55. The van der Waals surface area contributed by atoms with Crippen molar-refractivity contribution < 1.29 is 4.79 Å². The predicted molar refractivity (Wildman–Crippen MR) is 91.9 cm³/mol. The van der Waals surface area contributed by atoms with Gasteiger partial charge in [0.2, 0.25) is 0 Å². The Morgan fingerprint density at radius 2 is 1.76 bits per heavy atom. The predicted octanol–water partition coefficient (Wildman–Crippen LogP) is 4.53. The van der Waals surface area contributed by atoms with E-state index >= 15 is 0 Å². The molecule has 0 saturated heterocycles. The number of carbonyl (C=O) groups excluding carboxylic acids is 1. The minimum atomic E-state index is 0.108. The van der Waals surface area contributed by atoms with Gasteiger partial charge in [-0.25, -0.2) is 0 Å². The number of rotatable bonds is 5. The lowest BCUT2D eigenvalue weighted by atomic mass is 9.86. The maximum atomic E-state index is 12.2. The summed E-state index contributed by atoms with van der Waals surface area (Å²) in [6.07, 6.45) is 1.97. The van der Waals surface area contributed by atoms with Gasteiger partial charge in [0.05, 0.1) is 5.75 Å².